The largest absolute Gasteiger partial charge is 0.480 e. The van der Waals surface area contributed by atoms with Gasteiger partial charge in [0.05, 0.1) is 4.90 Å². The van der Waals surface area contributed by atoms with Crippen molar-refractivity contribution in [1.29, 1.82) is 0 Å². The average Bonchev–Trinajstić information content (AvgIpc) is 2.30. The van der Waals surface area contributed by atoms with Crippen molar-refractivity contribution < 1.29 is 22.7 Å². The highest BCUT2D eigenvalue weighted by Crippen LogP contribution is 2.19. The molecule has 1 atom stereocenters. The summed E-state index contributed by atoms with van der Waals surface area (Å²) < 4.78 is 38.1. The molecule has 1 aromatic rings. The molecule has 0 bridgehead atoms. The van der Waals surface area contributed by atoms with Gasteiger partial charge in [0.1, 0.15) is 11.9 Å². The van der Waals surface area contributed by atoms with Crippen LogP contribution < -0.4 is 0 Å². The summed E-state index contributed by atoms with van der Waals surface area (Å²) in [4.78, 5) is 10.5. The number of sulfonamides is 1. The number of carboxylic acid groups (broad SMARTS) is 1. The molecule has 7 heteroatoms. The van der Waals surface area contributed by atoms with E-state index in [4.69, 9.17) is 5.11 Å². The van der Waals surface area contributed by atoms with Crippen molar-refractivity contribution in [2.24, 2.45) is 0 Å². The Morgan fingerprint density at radius 3 is 2.44 bits per heavy atom. The van der Waals surface area contributed by atoms with Crippen molar-refractivity contribution in [3.8, 4) is 0 Å². The minimum atomic E-state index is -4.01. The fourth-order valence-electron chi connectivity index (χ4n) is 1.26. The fourth-order valence-corrected chi connectivity index (χ4v) is 2.60. The number of carbonyl (C=O) groups is 1. The zero-order valence-corrected chi connectivity index (χ0v) is 11.0. The van der Waals surface area contributed by atoms with Crippen LogP contribution in [0.1, 0.15) is 12.5 Å². The normalized spacial score (nSPS) is 13.6. The number of nitrogens with zero attached hydrogens (tertiary/aromatic N) is 1. The van der Waals surface area contributed by atoms with Crippen molar-refractivity contribution in [2.45, 2.75) is 24.8 Å². The number of likely N-dealkylation sites (N-methyl/N-ethyl adjacent to an activating group) is 1. The lowest BCUT2D eigenvalue weighted by molar-refractivity contribution is -0.140. The molecule has 1 aromatic carbocycles. The van der Waals surface area contributed by atoms with Crippen LogP contribution in [0.15, 0.2) is 23.1 Å². The maximum Gasteiger partial charge on any atom is 0.321 e. The standard InChI is InChI=1S/C11H14FNO4S/c1-7-4-5-9(6-10(7)12)18(16,17)13(3)8(2)11(14)15/h4-6,8H,1-3H3,(H,14,15). The summed E-state index contributed by atoms with van der Waals surface area (Å²) >= 11 is 0. The first-order chi connectivity index (χ1) is 8.17. The third-order valence-corrected chi connectivity index (χ3v) is 4.65. The Hall–Kier alpha value is -1.47. The molecule has 0 spiro atoms. The number of hydrogen-bond acceptors (Lipinski definition) is 3. The topological polar surface area (TPSA) is 74.7 Å². The van der Waals surface area contributed by atoms with Gasteiger partial charge in [-0.25, -0.2) is 12.8 Å². The van der Waals surface area contributed by atoms with E-state index in [1.165, 1.54) is 26.0 Å². The lowest BCUT2D eigenvalue weighted by Gasteiger charge is -2.21. The van der Waals surface area contributed by atoms with Crippen molar-refractivity contribution in [3.63, 3.8) is 0 Å². The molecule has 100 valence electrons. The number of aliphatic carboxylic acids is 1. The van der Waals surface area contributed by atoms with E-state index in [0.717, 1.165) is 13.1 Å². The van der Waals surface area contributed by atoms with Gasteiger partial charge in [0.2, 0.25) is 10.0 Å². The fraction of sp³-hybridized carbons (Fsp3) is 0.364. The monoisotopic (exact) mass is 275 g/mol. The van der Waals surface area contributed by atoms with Crippen LogP contribution in [-0.4, -0.2) is 36.9 Å². The molecule has 5 nitrogen and oxygen atoms in total. The first-order valence-corrected chi connectivity index (χ1v) is 6.59. The second kappa shape index (κ2) is 5.03. The van der Waals surface area contributed by atoms with E-state index in [1.807, 2.05) is 0 Å². The van der Waals surface area contributed by atoms with Gasteiger partial charge in [0.25, 0.3) is 0 Å². The lowest BCUT2D eigenvalue weighted by atomic mass is 10.2. The van der Waals surface area contributed by atoms with Gasteiger partial charge < -0.3 is 5.11 Å². The van der Waals surface area contributed by atoms with Gasteiger partial charge in [0, 0.05) is 7.05 Å². The number of rotatable bonds is 4. The number of carboxylic acids is 1. The van der Waals surface area contributed by atoms with Crippen LogP contribution in [-0.2, 0) is 14.8 Å². The Labute approximate surface area is 105 Å². The summed E-state index contributed by atoms with van der Waals surface area (Å²) in [6, 6.07) is 2.25. The van der Waals surface area contributed by atoms with E-state index < -0.39 is 27.9 Å². The van der Waals surface area contributed by atoms with Crippen molar-refractivity contribution in [2.75, 3.05) is 7.05 Å². The second-order valence-corrected chi connectivity index (χ2v) is 5.94. The van der Waals surface area contributed by atoms with Crippen molar-refractivity contribution in [1.82, 2.24) is 4.31 Å². The number of hydrogen-bond donors (Lipinski definition) is 1. The summed E-state index contributed by atoms with van der Waals surface area (Å²) in [6.07, 6.45) is 0. The van der Waals surface area contributed by atoms with Crippen LogP contribution >= 0.6 is 0 Å². The molecule has 0 aliphatic rings. The molecule has 0 radical (unpaired) electrons. The molecular formula is C11H14FNO4S. The molecule has 0 aliphatic carbocycles. The van der Waals surface area contributed by atoms with Crippen LogP contribution in [0.2, 0.25) is 0 Å². The minimum Gasteiger partial charge on any atom is -0.480 e. The summed E-state index contributed by atoms with van der Waals surface area (Å²) in [5.41, 5.74) is 0.322. The van der Waals surface area contributed by atoms with Gasteiger partial charge >= 0.3 is 5.97 Å². The Morgan fingerprint density at radius 2 is 2.00 bits per heavy atom. The highest BCUT2D eigenvalue weighted by atomic mass is 32.2. The molecule has 1 unspecified atom stereocenters. The molecule has 1 rings (SSSR count). The lowest BCUT2D eigenvalue weighted by Crippen LogP contribution is -2.40. The van der Waals surface area contributed by atoms with E-state index in [2.05, 4.69) is 0 Å². The average molecular weight is 275 g/mol. The summed E-state index contributed by atoms with van der Waals surface area (Å²) in [5.74, 6) is -1.92. The highest BCUT2D eigenvalue weighted by molar-refractivity contribution is 7.89. The predicted octanol–water partition coefficient (Wildman–Crippen LogP) is 1.23. The van der Waals surface area contributed by atoms with E-state index in [1.54, 1.807) is 0 Å². The maximum absolute atomic E-state index is 13.3. The smallest absolute Gasteiger partial charge is 0.321 e. The SMILES string of the molecule is Cc1ccc(S(=O)(=O)N(C)C(C)C(=O)O)cc1F. The quantitative estimate of drug-likeness (QED) is 0.896. The molecule has 0 saturated carbocycles. The van der Waals surface area contributed by atoms with Crippen LogP contribution in [0, 0.1) is 12.7 Å². The molecule has 0 heterocycles. The maximum atomic E-state index is 13.3. The summed E-state index contributed by atoms with van der Waals surface area (Å²) in [6.45, 7) is 2.75. The summed E-state index contributed by atoms with van der Waals surface area (Å²) in [5, 5.41) is 8.78. The first kappa shape index (κ1) is 14.6. The van der Waals surface area contributed by atoms with Crippen LogP contribution in [0.25, 0.3) is 0 Å². The van der Waals surface area contributed by atoms with Gasteiger partial charge in [-0.05, 0) is 31.5 Å². The molecular weight excluding hydrogens is 261 g/mol. The Morgan fingerprint density at radius 1 is 1.44 bits per heavy atom. The number of aryl methyl sites for hydroxylation is 1. The molecule has 0 saturated heterocycles. The van der Waals surface area contributed by atoms with Gasteiger partial charge in [-0.3, -0.25) is 4.79 Å². The predicted molar refractivity (Wildman–Crippen MR) is 63.2 cm³/mol. The van der Waals surface area contributed by atoms with Gasteiger partial charge in [0.15, 0.2) is 0 Å². The zero-order chi connectivity index (χ0) is 14.1. The Balaban J connectivity index is 3.21. The molecule has 0 amide bonds. The molecule has 0 fully saturated rings. The molecule has 18 heavy (non-hydrogen) atoms. The van der Waals surface area contributed by atoms with E-state index in [0.29, 0.717) is 9.87 Å². The third kappa shape index (κ3) is 2.68. The van der Waals surface area contributed by atoms with Crippen LogP contribution in [0.3, 0.4) is 0 Å². The van der Waals surface area contributed by atoms with Crippen molar-refractivity contribution in [3.05, 3.63) is 29.6 Å². The van der Waals surface area contributed by atoms with E-state index >= 15 is 0 Å². The van der Waals surface area contributed by atoms with Crippen LogP contribution in [0.5, 0.6) is 0 Å². The summed E-state index contributed by atoms with van der Waals surface area (Å²) in [7, 11) is -2.87. The van der Waals surface area contributed by atoms with Gasteiger partial charge in [-0.1, -0.05) is 6.07 Å². The van der Waals surface area contributed by atoms with E-state index in [-0.39, 0.29) is 4.90 Å². The zero-order valence-electron chi connectivity index (χ0n) is 10.2. The Kier molecular flexibility index (Phi) is 4.08. The molecule has 0 aliphatic heterocycles. The molecule has 1 N–H and O–H groups in total. The number of halogens is 1. The van der Waals surface area contributed by atoms with Crippen molar-refractivity contribution >= 4 is 16.0 Å². The molecule has 0 aromatic heterocycles. The third-order valence-electron chi connectivity index (χ3n) is 2.72. The van der Waals surface area contributed by atoms with Gasteiger partial charge in [-0.15, -0.1) is 0 Å². The Bertz CT molecular complexity index is 570. The minimum absolute atomic E-state index is 0.263. The van der Waals surface area contributed by atoms with Gasteiger partial charge in [-0.2, -0.15) is 4.31 Å². The number of benzene rings is 1. The first-order valence-electron chi connectivity index (χ1n) is 5.15. The second-order valence-electron chi connectivity index (χ2n) is 3.95. The van der Waals surface area contributed by atoms with E-state index in [9.17, 15) is 17.6 Å². The van der Waals surface area contributed by atoms with Crippen LogP contribution in [0.4, 0.5) is 4.39 Å². The highest BCUT2D eigenvalue weighted by Gasteiger charge is 2.29.